The number of tetrazole rings is 1. The molecule has 1 atom stereocenters. The number of carbonyl (C=O) groups is 2. The molecule has 1 aliphatic heterocycles. The van der Waals surface area contributed by atoms with Crippen LogP contribution in [0.2, 0.25) is 0 Å². The first-order chi connectivity index (χ1) is 17.2. The molecule has 2 aromatic rings. The van der Waals surface area contributed by atoms with Crippen LogP contribution in [-0.4, -0.2) is 41.8 Å². The number of halogens is 1. The van der Waals surface area contributed by atoms with Crippen LogP contribution in [0.3, 0.4) is 0 Å². The lowest BCUT2D eigenvalue weighted by Gasteiger charge is -2.19. The van der Waals surface area contributed by atoms with Crippen LogP contribution in [0.15, 0.2) is 88.5 Å². The summed E-state index contributed by atoms with van der Waals surface area (Å²) in [5.41, 5.74) is 3.09. The molecule has 11 nitrogen and oxygen atoms in total. The molecule has 4 rings (SSSR count). The fourth-order valence-corrected chi connectivity index (χ4v) is 3.90. The molecule has 2 aliphatic rings. The third kappa shape index (κ3) is 5.58. The van der Waals surface area contributed by atoms with Gasteiger partial charge in [-0.2, -0.15) is 0 Å². The van der Waals surface area contributed by atoms with Crippen molar-refractivity contribution in [3.05, 3.63) is 99.7 Å². The van der Waals surface area contributed by atoms with E-state index in [4.69, 9.17) is 16.7 Å². The molecule has 2 aromatic heterocycles. The average molecular weight is 508 g/mol. The summed E-state index contributed by atoms with van der Waals surface area (Å²) < 4.78 is 2.74. The van der Waals surface area contributed by atoms with E-state index in [-0.39, 0.29) is 29.6 Å². The second kappa shape index (κ2) is 10.4. The number of carboxylic acid groups (broad SMARTS) is 1. The van der Waals surface area contributed by atoms with E-state index in [0.29, 0.717) is 34.0 Å². The highest BCUT2D eigenvalue weighted by atomic mass is 35.5. The number of carboxylic acids is 1. The van der Waals surface area contributed by atoms with Crippen molar-refractivity contribution in [3.8, 4) is 0 Å². The standard InChI is InChI=1S/C24H22ClN7O4/c1-14(25)3-6-21(32-13-26-29-30-32)15(2)16-7-8-31(23(34)11-16)12-22(33)27-18-4-5-19-17(9-18)10-20(28-19)24(35)36/h3-8,10-11,13,17,28H,1,9,12H2,2H3,(H,27,33)(H,35,36)/b6-3-,21-15-. The normalized spacial score (nSPS) is 17.4. The summed E-state index contributed by atoms with van der Waals surface area (Å²) in [5.74, 6) is -1.55. The van der Waals surface area contributed by atoms with Gasteiger partial charge in [-0.05, 0) is 71.4 Å². The largest absolute Gasteiger partial charge is 0.477 e. The summed E-state index contributed by atoms with van der Waals surface area (Å²) in [7, 11) is 0. The minimum absolute atomic E-state index is 0.120. The Morgan fingerprint density at radius 3 is 2.83 bits per heavy atom. The molecule has 0 spiro atoms. The van der Waals surface area contributed by atoms with Gasteiger partial charge in [0.25, 0.3) is 5.56 Å². The number of fused-ring (bicyclic) bond motifs is 1. The molecule has 1 unspecified atom stereocenters. The van der Waals surface area contributed by atoms with Gasteiger partial charge in [0.1, 0.15) is 18.6 Å². The molecule has 1 amide bonds. The summed E-state index contributed by atoms with van der Waals surface area (Å²) in [6.45, 7) is 5.26. The first-order valence-corrected chi connectivity index (χ1v) is 11.2. The second-order valence-corrected chi connectivity index (χ2v) is 8.60. The number of carbonyl (C=O) groups excluding carboxylic acids is 1. The van der Waals surface area contributed by atoms with Crippen molar-refractivity contribution in [1.29, 1.82) is 0 Å². The third-order valence-electron chi connectivity index (χ3n) is 5.63. The van der Waals surface area contributed by atoms with Crippen molar-refractivity contribution >= 4 is 34.7 Å². The van der Waals surface area contributed by atoms with Crippen LogP contribution in [0.4, 0.5) is 0 Å². The minimum Gasteiger partial charge on any atom is -0.477 e. The number of rotatable bonds is 8. The zero-order valence-electron chi connectivity index (χ0n) is 19.2. The Kier molecular flexibility index (Phi) is 7.11. The molecule has 3 heterocycles. The molecular formula is C24H22ClN7O4. The van der Waals surface area contributed by atoms with Gasteiger partial charge in [-0.3, -0.25) is 9.59 Å². The Morgan fingerprint density at radius 1 is 1.36 bits per heavy atom. The Morgan fingerprint density at radius 2 is 2.17 bits per heavy atom. The summed E-state index contributed by atoms with van der Waals surface area (Å²) in [6.07, 6.45) is 11.8. The Balaban J connectivity index is 1.47. The number of aliphatic carboxylic acids is 1. The van der Waals surface area contributed by atoms with E-state index in [1.807, 2.05) is 6.92 Å². The summed E-state index contributed by atoms with van der Waals surface area (Å²) in [5, 5.41) is 26.3. The van der Waals surface area contributed by atoms with Gasteiger partial charge in [0, 0.05) is 34.6 Å². The molecule has 0 radical (unpaired) electrons. The van der Waals surface area contributed by atoms with E-state index in [0.717, 1.165) is 5.70 Å². The van der Waals surface area contributed by atoms with Gasteiger partial charge in [-0.1, -0.05) is 18.2 Å². The number of hydrogen-bond acceptors (Lipinski definition) is 7. The molecule has 0 saturated carbocycles. The van der Waals surface area contributed by atoms with Crippen molar-refractivity contribution in [2.75, 3.05) is 0 Å². The maximum atomic E-state index is 12.8. The van der Waals surface area contributed by atoms with E-state index in [2.05, 4.69) is 32.7 Å². The zero-order chi connectivity index (χ0) is 25.8. The fourth-order valence-electron chi connectivity index (χ4n) is 3.83. The quantitative estimate of drug-likeness (QED) is 0.460. The lowest BCUT2D eigenvalue weighted by atomic mass is 9.96. The molecule has 0 aromatic carbocycles. The number of amides is 1. The van der Waals surface area contributed by atoms with Crippen LogP contribution < -0.4 is 16.2 Å². The average Bonchev–Trinajstić information content (AvgIpc) is 3.50. The SMILES string of the molecule is C=C(Cl)/C=C\C(=C(/C)c1ccn(CC(=O)NC2=CC=C3NC(C(=O)O)=CC3C2)c(=O)c1)n1cnnn1. The van der Waals surface area contributed by atoms with Gasteiger partial charge < -0.3 is 20.3 Å². The number of allylic oxidation sites excluding steroid dienone is 9. The molecule has 3 N–H and O–H groups in total. The highest BCUT2D eigenvalue weighted by Crippen LogP contribution is 2.29. The monoisotopic (exact) mass is 507 g/mol. The van der Waals surface area contributed by atoms with E-state index in [9.17, 15) is 14.4 Å². The van der Waals surface area contributed by atoms with Crippen molar-refractivity contribution in [2.24, 2.45) is 5.92 Å². The van der Waals surface area contributed by atoms with Crippen molar-refractivity contribution in [3.63, 3.8) is 0 Å². The summed E-state index contributed by atoms with van der Waals surface area (Å²) in [4.78, 5) is 36.5. The Hall–Kier alpha value is -4.51. The van der Waals surface area contributed by atoms with Gasteiger partial charge in [0.2, 0.25) is 5.91 Å². The van der Waals surface area contributed by atoms with E-state index in [1.54, 1.807) is 36.4 Å². The van der Waals surface area contributed by atoms with Crippen molar-refractivity contribution in [1.82, 2.24) is 35.4 Å². The van der Waals surface area contributed by atoms with Crippen LogP contribution in [0, 0.1) is 5.92 Å². The minimum atomic E-state index is -1.03. The molecule has 1 aliphatic carbocycles. The first-order valence-electron chi connectivity index (χ1n) is 10.8. The van der Waals surface area contributed by atoms with Crippen LogP contribution in [0.1, 0.15) is 18.9 Å². The first kappa shape index (κ1) is 24.6. The van der Waals surface area contributed by atoms with Crippen molar-refractivity contribution < 1.29 is 14.7 Å². The third-order valence-corrected chi connectivity index (χ3v) is 5.75. The van der Waals surface area contributed by atoms with Gasteiger partial charge in [-0.25, -0.2) is 9.48 Å². The van der Waals surface area contributed by atoms with Gasteiger partial charge in [-0.15, -0.1) is 5.10 Å². The molecule has 0 bridgehead atoms. The molecule has 36 heavy (non-hydrogen) atoms. The zero-order valence-corrected chi connectivity index (χ0v) is 19.9. The van der Waals surface area contributed by atoms with Gasteiger partial charge >= 0.3 is 5.97 Å². The molecule has 0 fully saturated rings. The van der Waals surface area contributed by atoms with Crippen LogP contribution in [-0.2, 0) is 16.1 Å². The van der Waals surface area contributed by atoms with Crippen LogP contribution in [0.5, 0.6) is 0 Å². The molecule has 0 saturated heterocycles. The highest BCUT2D eigenvalue weighted by molar-refractivity contribution is 6.30. The molecular weight excluding hydrogens is 486 g/mol. The predicted octanol–water partition coefficient (Wildman–Crippen LogP) is 2.01. The lowest BCUT2D eigenvalue weighted by molar-refractivity contribution is -0.133. The van der Waals surface area contributed by atoms with E-state index in [1.165, 1.54) is 27.8 Å². The highest BCUT2D eigenvalue weighted by Gasteiger charge is 2.27. The van der Waals surface area contributed by atoms with Gasteiger partial charge in [0.15, 0.2) is 0 Å². The van der Waals surface area contributed by atoms with E-state index < -0.39 is 5.97 Å². The molecule has 12 heteroatoms. The van der Waals surface area contributed by atoms with E-state index >= 15 is 0 Å². The number of nitrogens with one attached hydrogen (secondary N) is 2. The number of nitrogens with zero attached hydrogens (tertiary/aromatic N) is 5. The Labute approximate surface area is 210 Å². The fraction of sp³-hybridized carbons (Fsp3) is 0.167. The summed E-state index contributed by atoms with van der Waals surface area (Å²) in [6, 6.07) is 3.14. The topological polar surface area (TPSA) is 144 Å². The number of pyridine rings is 1. The second-order valence-electron chi connectivity index (χ2n) is 8.11. The maximum Gasteiger partial charge on any atom is 0.351 e. The summed E-state index contributed by atoms with van der Waals surface area (Å²) >= 11 is 5.85. The number of hydrogen-bond donors (Lipinski definition) is 3. The predicted molar refractivity (Wildman–Crippen MR) is 133 cm³/mol. The van der Waals surface area contributed by atoms with Crippen LogP contribution >= 0.6 is 11.6 Å². The Bertz CT molecular complexity index is 1440. The van der Waals surface area contributed by atoms with Gasteiger partial charge in [0.05, 0.1) is 5.70 Å². The maximum absolute atomic E-state index is 12.8. The lowest BCUT2D eigenvalue weighted by Crippen LogP contribution is -2.32. The smallest absolute Gasteiger partial charge is 0.351 e. The number of aromatic nitrogens is 5. The van der Waals surface area contributed by atoms with Crippen molar-refractivity contribution in [2.45, 2.75) is 19.9 Å². The van der Waals surface area contributed by atoms with Crippen LogP contribution in [0.25, 0.3) is 11.3 Å². The molecule has 184 valence electrons.